The monoisotopic (exact) mass is 347 g/mol. The number of hydrogen-bond donors (Lipinski definition) is 3. The summed E-state index contributed by atoms with van der Waals surface area (Å²) in [5.74, 6) is 0.00853. The fourth-order valence-corrected chi connectivity index (χ4v) is 1.98. The van der Waals surface area contributed by atoms with Crippen LogP contribution in [0.3, 0.4) is 0 Å². The first-order valence-corrected chi connectivity index (χ1v) is 7.71. The van der Waals surface area contributed by atoms with Gasteiger partial charge in [0.15, 0.2) is 11.7 Å². The third-order valence-electron chi connectivity index (χ3n) is 3.13. The van der Waals surface area contributed by atoms with E-state index in [2.05, 4.69) is 16.2 Å². The maximum absolute atomic E-state index is 12.8. The average Bonchev–Trinajstić information content (AvgIpc) is 2.58. The summed E-state index contributed by atoms with van der Waals surface area (Å²) < 4.78 is 18.2. The zero-order valence-corrected chi connectivity index (χ0v) is 14.0. The van der Waals surface area contributed by atoms with Crippen LogP contribution in [0.1, 0.15) is 11.1 Å². The molecule has 0 unspecified atom stereocenters. The van der Waals surface area contributed by atoms with E-state index in [4.69, 9.17) is 17.0 Å². The Kier molecular flexibility index (Phi) is 6.51. The molecule has 0 radical (unpaired) electrons. The number of ether oxygens (including phenoxy) is 1. The Morgan fingerprint density at radius 2 is 1.83 bits per heavy atom. The topological polar surface area (TPSA) is 62.4 Å². The number of para-hydroxylation sites is 1. The SMILES string of the molecule is Cc1ccccc1OCC(=O)NNC(=S)NCc1ccc(F)cc1. The molecule has 2 aromatic carbocycles. The van der Waals surface area contributed by atoms with Crippen LogP contribution in [0.25, 0.3) is 0 Å². The highest BCUT2D eigenvalue weighted by Crippen LogP contribution is 2.15. The van der Waals surface area contributed by atoms with Gasteiger partial charge in [0.1, 0.15) is 11.6 Å². The van der Waals surface area contributed by atoms with Crippen molar-refractivity contribution >= 4 is 23.2 Å². The molecule has 0 aliphatic carbocycles. The molecule has 1 amide bonds. The van der Waals surface area contributed by atoms with Crippen LogP contribution in [-0.4, -0.2) is 17.6 Å². The predicted octanol–water partition coefficient (Wildman–Crippen LogP) is 2.21. The van der Waals surface area contributed by atoms with Gasteiger partial charge in [-0.1, -0.05) is 30.3 Å². The molecule has 0 spiro atoms. The molecule has 0 saturated carbocycles. The number of aryl methyl sites for hydroxylation is 1. The van der Waals surface area contributed by atoms with Gasteiger partial charge in [0, 0.05) is 6.54 Å². The van der Waals surface area contributed by atoms with Crippen molar-refractivity contribution in [3.05, 3.63) is 65.5 Å². The fourth-order valence-electron chi connectivity index (χ4n) is 1.85. The molecule has 7 heteroatoms. The van der Waals surface area contributed by atoms with Crippen molar-refractivity contribution in [3.8, 4) is 5.75 Å². The first-order chi connectivity index (χ1) is 11.5. The van der Waals surface area contributed by atoms with Gasteiger partial charge < -0.3 is 10.1 Å². The maximum atomic E-state index is 12.8. The van der Waals surface area contributed by atoms with E-state index in [9.17, 15) is 9.18 Å². The van der Waals surface area contributed by atoms with Gasteiger partial charge in [0.25, 0.3) is 5.91 Å². The number of amides is 1. The average molecular weight is 347 g/mol. The summed E-state index contributed by atoms with van der Waals surface area (Å²) in [6.07, 6.45) is 0. The third kappa shape index (κ3) is 5.85. The number of thiocarbonyl (C=S) groups is 1. The van der Waals surface area contributed by atoms with Crippen molar-refractivity contribution in [2.75, 3.05) is 6.61 Å². The first-order valence-electron chi connectivity index (χ1n) is 7.30. The Bertz CT molecular complexity index is 707. The molecule has 0 atom stereocenters. The number of hydrazine groups is 1. The lowest BCUT2D eigenvalue weighted by Gasteiger charge is -2.12. The summed E-state index contributed by atoms with van der Waals surface area (Å²) in [6.45, 7) is 2.19. The van der Waals surface area contributed by atoms with Crippen molar-refractivity contribution in [2.45, 2.75) is 13.5 Å². The van der Waals surface area contributed by atoms with Crippen molar-refractivity contribution in [1.29, 1.82) is 0 Å². The Morgan fingerprint density at radius 3 is 2.54 bits per heavy atom. The number of rotatable bonds is 5. The molecular weight excluding hydrogens is 329 g/mol. The molecule has 0 saturated heterocycles. The van der Waals surface area contributed by atoms with Crippen LogP contribution in [0.2, 0.25) is 0 Å². The molecule has 0 aliphatic heterocycles. The second-order valence-electron chi connectivity index (χ2n) is 5.04. The largest absolute Gasteiger partial charge is 0.483 e. The van der Waals surface area contributed by atoms with E-state index in [0.717, 1.165) is 11.1 Å². The molecule has 0 fully saturated rings. The standard InChI is InChI=1S/C17H18FN3O2S/c1-12-4-2-3-5-15(12)23-11-16(22)20-21-17(24)19-10-13-6-8-14(18)9-7-13/h2-9H,10-11H2,1H3,(H,20,22)(H2,19,21,24). The van der Waals surface area contributed by atoms with Crippen LogP contribution < -0.4 is 20.9 Å². The molecule has 0 heterocycles. The number of halogens is 1. The van der Waals surface area contributed by atoms with Crippen molar-refractivity contribution in [3.63, 3.8) is 0 Å². The van der Waals surface area contributed by atoms with Crippen molar-refractivity contribution < 1.29 is 13.9 Å². The van der Waals surface area contributed by atoms with Gasteiger partial charge >= 0.3 is 0 Å². The van der Waals surface area contributed by atoms with Crippen molar-refractivity contribution in [2.24, 2.45) is 0 Å². The summed E-state index contributed by atoms with van der Waals surface area (Å²) in [7, 11) is 0. The zero-order valence-electron chi connectivity index (χ0n) is 13.1. The number of carbonyl (C=O) groups excluding carboxylic acids is 1. The number of nitrogens with one attached hydrogen (secondary N) is 3. The summed E-state index contributed by atoms with van der Waals surface area (Å²) in [5.41, 5.74) is 6.85. The smallest absolute Gasteiger partial charge is 0.276 e. The van der Waals surface area contributed by atoms with Crippen LogP contribution in [0.4, 0.5) is 4.39 Å². The molecule has 2 aromatic rings. The number of carbonyl (C=O) groups is 1. The van der Waals surface area contributed by atoms with Gasteiger partial charge in [-0.15, -0.1) is 0 Å². The summed E-state index contributed by atoms with van der Waals surface area (Å²) in [4.78, 5) is 11.7. The molecule has 24 heavy (non-hydrogen) atoms. The quantitative estimate of drug-likeness (QED) is 0.572. The summed E-state index contributed by atoms with van der Waals surface area (Å²) in [6, 6.07) is 13.5. The number of benzene rings is 2. The van der Waals surface area contributed by atoms with Gasteiger partial charge in [-0.2, -0.15) is 0 Å². The van der Waals surface area contributed by atoms with Gasteiger partial charge in [-0.3, -0.25) is 15.6 Å². The summed E-state index contributed by atoms with van der Waals surface area (Å²) in [5, 5.41) is 3.15. The first kappa shape index (κ1) is 17.7. The van der Waals surface area contributed by atoms with Gasteiger partial charge in [0.2, 0.25) is 0 Å². The Balaban J connectivity index is 1.66. The molecule has 126 valence electrons. The van der Waals surface area contributed by atoms with Crippen molar-refractivity contribution in [1.82, 2.24) is 16.2 Å². The predicted molar refractivity (Wildman–Crippen MR) is 93.8 cm³/mol. The molecule has 0 aliphatic rings. The van der Waals surface area contributed by atoms with Gasteiger partial charge in [-0.25, -0.2) is 4.39 Å². The van der Waals surface area contributed by atoms with Crippen LogP contribution >= 0.6 is 12.2 Å². The van der Waals surface area contributed by atoms with E-state index < -0.39 is 0 Å². The molecule has 2 rings (SSSR count). The van der Waals surface area contributed by atoms with Gasteiger partial charge in [0.05, 0.1) is 0 Å². The molecule has 0 bridgehead atoms. The minimum Gasteiger partial charge on any atom is -0.483 e. The van der Waals surface area contributed by atoms with Crippen LogP contribution in [-0.2, 0) is 11.3 Å². The highest BCUT2D eigenvalue weighted by molar-refractivity contribution is 7.80. The second-order valence-corrected chi connectivity index (χ2v) is 5.44. The Hall–Kier alpha value is -2.67. The lowest BCUT2D eigenvalue weighted by atomic mass is 10.2. The maximum Gasteiger partial charge on any atom is 0.276 e. The lowest BCUT2D eigenvalue weighted by molar-refractivity contribution is -0.123. The van der Waals surface area contributed by atoms with E-state index >= 15 is 0 Å². The highest BCUT2D eigenvalue weighted by atomic mass is 32.1. The second kappa shape index (κ2) is 8.83. The van der Waals surface area contributed by atoms with E-state index in [1.54, 1.807) is 18.2 Å². The van der Waals surface area contributed by atoms with Gasteiger partial charge in [-0.05, 0) is 48.5 Å². The van der Waals surface area contributed by atoms with E-state index in [1.807, 2.05) is 25.1 Å². The molecular formula is C17H18FN3O2S. The minimum absolute atomic E-state index is 0.127. The van der Waals surface area contributed by atoms with Crippen LogP contribution in [0.5, 0.6) is 5.75 Å². The lowest BCUT2D eigenvalue weighted by Crippen LogP contribution is -2.48. The Labute approximate surface area is 145 Å². The van der Waals surface area contributed by atoms with Crippen LogP contribution in [0, 0.1) is 12.7 Å². The highest BCUT2D eigenvalue weighted by Gasteiger charge is 2.05. The van der Waals surface area contributed by atoms with E-state index in [-0.39, 0.29) is 23.4 Å². The molecule has 3 N–H and O–H groups in total. The summed E-state index contributed by atoms with van der Waals surface area (Å²) >= 11 is 5.04. The molecule has 0 aromatic heterocycles. The van der Waals surface area contributed by atoms with E-state index in [0.29, 0.717) is 12.3 Å². The fraction of sp³-hybridized carbons (Fsp3) is 0.176. The third-order valence-corrected chi connectivity index (χ3v) is 3.38. The normalized spacial score (nSPS) is 9.92. The Morgan fingerprint density at radius 1 is 1.12 bits per heavy atom. The zero-order chi connectivity index (χ0) is 17.4. The number of hydrogen-bond acceptors (Lipinski definition) is 3. The van der Waals surface area contributed by atoms with Crippen LogP contribution in [0.15, 0.2) is 48.5 Å². The minimum atomic E-state index is -0.357. The molecule has 5 nitrogen and oxygen atoms in total. The van der Waals surface area contributed by atoms with E-state index in [1.165, 1.54) is 12.1 Å².